The molecule has 0 amide bonds. The molecule has 0 aromatic carbocycles. The van der Waals surface area contributed by atoms with E-state index in [4.69, 9.17) is 14.9 Å². The third-order valence-electron chi connectivity index (χ3n) is 2.40. The van der Waals surface area contributed by atoms with Crippen LogP contribution in [0.1, 0.15) is 12.8 Å². The van der Waals surface area contributed by atoms with E-state index in [1.54, 1.807) is 0 Å². The number of carboxylic acid groups (broad SMARTS) is 1. The second kappa shape index (κ2) is 4.42. The highest BCUT2D eigenvalue weighted by atomic mass is 16.6. The van der Waals surface area contributed by atoms with E-state index >= 15 is 0 Å². The number of aliphatic hydroxyl groups excluding tert-OH is 3. The van der Waals surface area contributed by atoms with Crippen molar-refractivity contribution >= 4 is 5.97 Å². The number of hydrogen-bond donors (Lipinski definition) is 5. The highest BCUT2D eigenvalue weighted by Crippen LogP contribution is 2.31. The van der Waals surface area contributed by atoms with Crippen molar-refractivity contribution in [2.24, 2.45) is 0 Å². The van der Waals surface area contributed by atoms with Gasteiger partial charge in [0.05, 0.1) is 13.0 Å². The average Bonchev–Trinajstić information content (AvgIpc) is 2.09. The van der Waals surface area contributed by atoms with E-state index in [-0.39, 0.29) is 0 Å². The van der Waals surface area contributed by atoms with Gasteiger partial charge in [-0.2, -0.15) is 0 Å². The summed E-state index contributed by atoms with van der Waals surface area (Å²) in [7, 11) is 0. The zero-order valence-corrected chi connectivity index (χ0v) is 7.91. The molecule has 0 spiro atoms. The SMILES string of the molecule is O=C(O)C[C@@]1(O)CC(O)O[C@H](CO)[C@H]1O. The van der Waals surface area contributed by atoms with E-state index < -0.39 is 49.5 Å². The summed E-state index contributed by atoms with van der Waals surface area (Å²) in [6.07, 6.45) is -5.24. The lowest BCUT2D eigenvalue weighted by atomic mass is 9.84. The van der Waals surface area contributed by atoms with Crippen LogP contribution in [0.3, 0.4) is 0 Å². The Morgan fingerprint density at radius 2 is 2.07 bits per heavy atom. The Morgan fingerprint density at radius 1 is 1.47 bits per heavy atom. The topological polar surface area (TPSA) is 127 Å². The normalized spacial score (nSPS) is 41.5. The highest BCUT2D eigenvalue weighted by molar-refractivity contribution is 5.68. The summed E-state index contributed by atoms with van der Waals surface area (Å²) >= 11 is 0. The van der Waals surface area contributed by atoms with E-state index in [0.29, 0.717) is 0 Å². The van der Waals surface area contributed by atoms with Crippen LogP contribution in [0.2, 0.25) is 0 Å². The molecular formula is C8H14O7. The molecule has 5 N–H and O–H groups in total. The summed E-state index contributed by atoms with van der Waals surface area (Å²) in [5.74, 6) is -1.30. The molecule has 1 aliphatic rings. The molecule has 1 heterocycles. The van der Waals surface area contributed by atoms with E-state index in [2.05, 4.69) is 0 Å². The Hall–Kier alpha value is -0.730. The monoisotopic (exact) mass is 222 g/mol. The summed E-state index contributed by atoms with van der Waals surface area (Å²) in [5, 5.41) is 45.9. The molecule has 0 saturated carbocycles. The maximum absolute atomic E-state index is 10.5. The Labute approximate surface area is 85.5 Å². The van der Waals surface area contributed by atoms with Gasteiger partial charge in [0.1, 0.15) is 17.8 Å². The fraction of sp³-hybridized carbons (Fsp3) is 0.875. The summed E-state index contributed by atoms with van der Waals surface area (Å²) in [6, 6.07) is 0. The van der Waals surface area contributed by atoms with Crippen molar-refractivity contribution in [3.05, 3.63) is 0 Å². The van der Waals surface area contributed by atoms with Crippen LogP contribution in [0.15, 0.2) is 0 Å². The molecule has 0 radical (unpaired) electrons. The number of rotatable bonds is 3. The van der Waals surface area contributed by atoms with Crippen LogP contribution in [0, 0.1) is 0 Å². The fourth-order valence-electron chi connectivity index (χ4n) is 1.67. The maximum atomic E-state index is 10.5. The van der Waals surface area contributed by atoms with Gasteiger partial charge in [-0.1, -0.05) is 0 Å². The first-order valence-corrected chi connectivity index (χ1v) is 4.45. The standard InChI is InChI=1S/C8H14O7/c9-3-4-7(13)8(14,1-5(10)11)2-6(12)15-4/h4,6-7,9,12-14H,1-3H2,(H,10,11)/t4-,6?,7-,8-/m1/s1. The number of ether oxygens (including phenoxy) is 1. The predicted molar refractivity (Wildman–Crippen MR) is 45.8 cm³/mol. The minimum absolute atomic E-state index is 0.406. The van der Waals surface area contributed by atoms with Crippen molar-refractivity contribution in [3.63, 3.8) is 0 Å². The summed E-state index contributed by atoms with van der Waals surface area (Å²) in [6.45, 7) is -0.611. The van der Waals surface area contributed by atoms with Gasteiger partial charge in [-0.05, 0) is 0 Å². The summed E-state index contributed by atoms with van der Waals surface area (Å²) < 4.78 is 4.73. The van der Waals surface area contributed by atoms with Gasteiger partial charge < -0.3 is 30.3 Å². The number of carboxylic acids is 1. The maximum Gasteiger partial charge on any atom is 0.306 e. The zero-order chi connectivity index (χ0) is 11.6. The molecule has 4 atom stereocenters. The van der Waals surface area contributed by atoms with Gasteiger partial charge >= 0.3 is 5.97 Å². The van der Waals surface area contributed by atoms with Crippen molar-refractivity contribution in [1.29, 1.82) is 0 Å². The van der Waals surface area contributed by atoms with Gasteiger partial charge in [0.2, 0.25) is 0 Å². The Bertz CT molecular complexity index is 243. The molecule has 1 fully saturated rings. The summed E-state index contributed by atoms with van der Waals surface area (Å²) in [4.78, 5) is 10.5. The number of aliphatic hydroxyl groups is 4. The molecule has 1 aliphatic heterocycles. The lowest BCUT2D eigenvalue weighted by Crippen LogP contribution is -2.59. The smallest absolute Gasteiger partial charge is 0.306 e. The van der Waals surface area contributed by atoms with Gasteiger partial charge in [-0.25, -0.2) is 0 Å². The van der Waals surface area contributed by atoms with Crippen molar-refractivity contribution in [2.75, 3.05) is 6.61 Å². The molecule has 0 bridgehead atoms. The van der Waals surface area contributed by atoms with Crippen molar-refractivity contribution in [1.82, 2.24) is 0 Å². The lowest BCUT2D eigenvalue weighted by Gasteiger charge is -2.42. The second-order valence-electron chi connectivity index (χ2n) is 3.63. The van der Waals surface area contributed by atoms with E-state index in [9.17, 15) is 20.1 Å². The molecule has 0 aromatic heterocycles. The highest BCUT2D eigenvalue weighted by Gasteiger charge is 2.48. The third-order valence-corrected chi connectivity index (χ3v) is 2.40. The van der Waals surface area contributed by atoms with Gasteiger partial charge in [-0.15, -0.1) is 0 Å². The first kappa shape index (κ1) is 12.3. The molecular weight excluding hydrogens is 208 g/mol. The number of hydrogen-bond acceptors (Lipinski definition) is 6. The van der Waals surface area contributed by atoms with Crippen molar-refractivity contribution < 1.29 is 35.1 Å². The molecule has 0 aromatic rings. The van der Waals surface area contributed by atoms with E-state index in [1.807, 2.05) is 0 Å². The minimum atomic E-state index is -1.98. The van der Waals surface area contributed by atoms with Crippen LogP contribution in [0.4, 0.5) is 0 Å². The molecule has 1 unspecified atom stereocenters. The molecule has 7 nitrogen and oxygen atoms in total. The van der Waals surface area contributed by atoms with Crippen LogP contribution >= 0.6 is 0 Å². The van der Waals surface area contributed by atoms with Crippen LogP contribution < -0.4 is 0 Å². The van der Waals surface area contributed by atoms with Crippen LogP contribution in [0.5, 0.6) is 0 Å². The third kappa shape index (κ3) is 2.64. The Balaban J connectivity index is 2.80. The molecule has 0 aliphatic carbocycles. The number of carbonyl (C=O) groups is 1. The minimum Gasteiger partial charge on any atom is -0.481 e. The number of aliphatic carboxylic acids is 1. The van der Waals surface area contributed by atoms with Gasteiger partial charge in [0, 0.05) is 6.42 Å². The van der Waals surface area contributed by atoms with Gasteiger partial charge in [0.15, 0.2) is 6.29 Å². The van der Waals surface area contributed by atoms with Crippen LogP contribution in [-0.4, -0.2) is 62.2 Å². The largest absolute Gasteiger partial charge is 0.481 e. The van der Waals surface area contributed by atoms with Gasteiger partial charge in [-0.3, -0.25) is 4.79 Å². The molecule has 88 valence electrons. The fourth-order valence-corrected chi connectivity index (χ4v) is 1.67. The lowest BCUT2D eigenvalue weighted by molar-refractivity contribution is -0.273. The van der Waals surface area contributed by atoms with E-state index in [0.717, 1.165) is 0 Å². The first-order valence-electron chi connectivity index (χ1n) is 4.45. The molecule has 1 saturated heterocycles. The predicted octanol–water partition coefficient (Wildman–Crippen LogP) is -2.35. The summed E-state index contributed by atoms with van der Waals surface area (Å²) in [5.41, 5.74) is -1.98. The zero-order valence-electron chi connectivity index (χ0n) is 7.91. The average molecular weight is 222 g/mol. The Morgan fingerprint density at radius 3 is 2.53 bits per heavy atom. The quantitative estimate of drug-likeness (QED) is 0.362. The van der Waals surface area contributed by atoms with Crippen molar-refractivity contribution in [3.8, 4) is 0 Å². The molecule has 7 heteroatoms. The second-order valence-corrected chi connectivity index (χ2v) is 3.63. The van der Waals surface area contributed by atoms with E-state index in [1.165, 1.54) is 0 Å². The van der Waals surface area contributed by atoms with Crippen LogP contribution in [0.25, 0.3) is 0 Å². The van der Waals surface area contributed by atoms with Crippen LogP contribution in [-0.2, 0) is 9.53 Å². The van der Waals surface area contributed by atoms with Crippen molar-refractivity contribution in [2.45, 2.75) is 36.9 Å². The Kier molecular flexibility index (Phi) is 3.63. The molecule has 15 heavy (non-hydrogen) atoms. The molecule has 1 rings (SSSR count). The first-order chi connectivity index (χ1) is 6.89. The van der Waals surface area contributed by atoms with Gasteiger partial charge in [0.25, 0.3) is 0 Å².